The predicted molar refractivity (Wildman–Crippen MR) is 84.4 cm³/mol. The summed E-state index contributed by atoms with van der Waals surface area (Å²) in [6.45, 7) is 2.41. The highest BCUT2D eigenvalue weighted by molar-refractivity contribution is 5.32. The third-order valence-corrected chi connectivity index (χ3v) is 3.45. The van der Waals surface area contributed by atoms with Crippen LogP contribution in [0.2, 0.25) is 0 Å². The van der Waals surface area contributed by atoms with E-state index in [1.54, 1.807) is 13.3 Å². The van der Waals surface area contributed by atoms with Crippen LogP contribution in [-0.2, 0) is 13.0 Å². The van der Waals surface area contributed by atoms with Crippen molar-refractivity contribution in [3.8, 4) is 11.5 Å². The number of aromatic nitrogens is 5. The second kappa shape index (κ2) is 6.95. The van der Waals surface area contributed by atoms with Gasteiger partial charge in [0.15, 0.2) is 11.6 Å². The molecule has 7 heteroatoms. The molecule has 0 saturated heterocycles. The van der Waals surface area contributed by atoms with Crippen LogP contribution in [0, 0.1) is 0 Å². The minimum absolute atomic E-state index is 0.202. The molecular weight excluding hydrogens is 294 g/mol. The van der Waals surface area contributed by atoms with E-state index in [4.69, 9.17) is 9.47 Å². The lowest BCUT2D eigenvalue weighted by molar-refractivity contribution is 0.294. The summed E-state index contributed by atoms with van der Waals surface area (Å²) in [7, 11) is 1.63. The average molecular weight is 313 g/mol. The molecule has 7 nitrogen and oxygen atoms in total. The molecule has 0 aliphatic heterocycles. The van der Waals surface area contributed by atoms with Gasteiger partial charge in [-0.25, -0.2) is 4.98 Å². The Morgan fingerprint density at radius 3 is 2.91 bits per heavy atom. The van der Waals surface area contributed by atoms with E-state index in [1.165, 1.54) is 0 Å². The summed E-state index contributed by atoms with van der Waals surface area (Å²) in [4.78, 5) is 4.45. The summed E-state index contributed by atoms with van der Waals surface area (Å²) >= 11 is 0. The number of hydrogen-bond acceptors (Lipinski definition) is 5. The molecule has 3 aromatic rings. The van der Waals surface area contributed by atoms with E-state index in [1.807, 2.05) is 41.2 Å². The Hall–Kier alpha value is -2.83. The van der Waals surface area contributed by atoms with E-state index in [0.717, 1.165) is 17.3 Å². The third kappa shape index (κ3) is 3.88. The fourth-order valence-electron chi connectivity index (χ4n) is 2.23. The molecule has 0 fully saturated rings. The van der Waals surface area contributed by atoms with E-state index in [-0.39, 0.29) is 6.04 Å². The summed E-state index contributed by atoms with van der Waals surface area (Å²) in [6, 6.07) is 9.56. The number of methoxy groups -OCH3 is 1. The summed E-state index contributed by atoms with van der Waals surface area (Å²) in [5, 5.41) is 11.4. The molecule has 1 unspecified atom stereocenters. The van der Waals surface area contributed by atoms with Crippen molar-refractivity contribution in [2.75, 3.05) is 7.11 Å². The predicted octanol–water partition coefficient (Wildman–Crippen LogP) is 2.39. The zero-order valence-corrected chi connectivity index (χ0v) is 13.1. The quantitative estimate of drug-likeness (QED) is 0.724. The first-order valence-electron chi connectivity index (χ1n) is 7.40. The van der Waals surface area contributed by atoms with Gasteiger partial charge in [0.2, 0.25) is 0 Å². The van der Waals surface area contributed by atoms with Crippen molar-refractivity contribution in [2.24, 2.45) is 0 Å². The number of aromatic amines is 1. The summed E-state index contributed by atoms with van der Waals surface area (Å²) in [6.07, 6.45) is 4.41. The molecule has 0 spiro atoms. The Bertz CT molecular complexity index is 739. The lowest BCUT2D eigenvalue weighted by Gasteiger charge is -2.09. The van der Waals surface area contributed by atoms with Gasteiger partial charge >= 0.3 is 0 Å². The number of benzene rings is 1. The zero-order valence-electron chi connectivity index (χ0n) is 13.1. The molecule has 0 aliphatic rings. The second-order valence-electron chi connectivity index (χ2n) is 5.21. The van der Waals surface area contributed by atoms with Crippen molar-refractivity contribution in [2.45, 2.75) is 26.0 Å². The highest BCUT2D eigenvalue weighted by atomic mass is 16.5. The van der Waals surface area contributed by atoms with Gasteiger partial charge in [-0.15, -0.1) is 0 Å². The van der Waals surface area contributed by atoms with Crippen molar-refractivity contribution in [1.82, 2.24) is 25.0 Å². The van der Waals surface area contributed by atoms with E-state index in [2.05, 4.69) is 27.2 Å². The van der Waals surface area contributed by atoms with Gasteiger partial charge in [0.05, 0.1) is 13.2 Å². The Balaban J connectivity index is 1.56. The highest BCUT2D eigenvalue weighted by Gasteiger charge is 2.11. The maximum Gasteiger partial charge on any atom is 0.162 e. The molecule has 1 aromatic carbocycles. The molecule has 0 radical (unpaired) electrons. The first-order valence-corrected chi connectivity index (χ1v) is 7.40. The number of H-pyrrole nitrogens is 1. The molecule has 0 aliphatic carbocycles. The summed E-state index contributed by atoms with van der Waals surface area (Å²) in [5.74, 6) is 2.92. The minimum atomic E-state index is 0.202. The van der Waals surface area contributed by atoms with Crippen LogP contribution in [-0.4, -0.2) is 32.1 Å². The molecule has 2 aromatic heterocycles. The maximum absolute atomic E-state index is 5.69. The van der Waals surface area contributed by atoms with Gasteiger partial charge in [-0.1, -0.05) is 6.07 Å². The molecular formula is C16H19N5O2. The average Bonchev–Trinajstić information content (AvgIpc) is 3.25. The molecule has 2 heterocycles. The lowest BCUT2D eigenvalue weighted by atomic mass is 10.2. The Morgan fingerprint density at radius 2 is 2.13 bits per heavy atom. The van der Waals surface area contributed by atoms with Gasteiger partial charge in [-0.3, -0.25) is 9.78 Å². The molecule has 0 bridgehead atoms. The lowest BCUT2D eigenvalue weighted by Crippen LogP contribution is -2.09. The van der Waals surface area contributed by atoms with Gasteiger partial charge in [-0.2, -0.15) is 10.2 Å². The van der Waals surface area contributed by atoms with Crippen LogP contribution in [0.25, 0.3) is 0 Å². The minimum Gasteiger partial charge on any atom is -0.497 e. The molecule has 1 atom stereocenters. The largest absolute Gasteiger partial charge is 0.497 e. The molecule has 0 amide bonds. The number of nitrogens with zero attached hydrogens (tertiary/aromatic N) is 4. The normalized spacial score (nSPS) is 12.1. The standard InChI is InChI=1S/C16H19N5O2/c1-12(21-8-4-7-17-21)9-15-18-16(20-19-15)11-23-14-6-3-5-13(10-14)22-2/h3-8,10,12H,9,11H2,1-2H3,(H,18,19,20). The van der Waals surface area contributed by atoms with E-state index in [9.17, 15) is 0 Å². The number of ether oxygens (including phenoxy) is 2. The Labute approximate surface area is 134 Å². The van der Waals surface area contributed by atoms with Crippen LogP contribution in [0.4, 0.5) is 0 Å². The fourth-order valence-corrected chi connectivity index (χ4v) is 2.23. The highest BCUT2D eigenvalue weighted by Crippen LogP contribution is 2.19. The van der Waals surface area contributed by atoms with E-state index in [0.29, 0.717) is 18.9 Å². The van der Waals surface area contributed by atoms with Crippen molar-refractivity contribution in [3.05, 3.63) is 54.4 Å². The van der Waals surface area contributed by atoms with Gasteiger partial charge in [0.1, 0.15) is 18.1 Å². The smallest absolute Gasteiger partial charge is 0.162 e. The van der Waals surface area contributed by atoms with Gasteiger partial charge in [0.25, 0.3) is 0 Å². The maximum atomic E-state index is 5.69. The van der Waals surface area contributed by atoms with Crippen LogP contribution in [0.1, 0.15) is 24.6 Å². The van der Waals surface area contributed by atoms with Crippen molar-refractivity contribution in [3.63, 3.8) is 0 Å². The first-order chi connectivity index (χ1) is 11.2. The number of hydrogen-bond donors (Lipinski definition) is 1. The monoisotopic (exact) mass is 313 g/mol. The Kier molecular flexibility index (Phi) is 4.56. The van der Waals surface area contributed by atoms with Crippen LogP contribution in [0.5, 0.6) is 11.5 Å². The van der Waals surface area contributed by atoms with Crippen LogP contribution in [0.15, 0.2) is 42.7 Å². The fraction of sp³-hybridized carbons (Fsp3) is 0.312. The van der Waals surface area contributed by atoms with Crippen LogP contribution >= 0.6 is 0 Å². The van der Waals surface area contributed by atoms with Gasteiger partial charge in [-0.05, 0) is 25.1 Å². The molecule has 23 heavy (non-hydrogen) atoms. The van der Waals surface area contributed by atoms with Crippen LogP contribution in [0.3, 0.4) is 0 Å². The molecule has 3 rings (SSSR count). The molecule has 1 N–H and O–H groups in total. The SMILES string of the molecule is COc1cccc(OCc2nc(CC(C)n3cccn3)n[nH]2)c1. The second-order valence-corrected chi connectivity index (χ2v) is 5.21. The first kappa shape index (κ1) is 15.1. The summed E-state index contributed by atoms with van der Waals surface area (Å²) in [5.41, 5.74) is 0. The zero-order chi connectivity index (χ0) is 16.1. The van der Waals surface area contributed by atoms with Gasteiger partial charge in [0, 0.05) is 24.9 Å². The van der Waals surface area contributed by atoms with E-state index < -0.39 is 0 Å². The molecule has 120 valence electrons. The third-order valence-electron chi connectivity index (χ3n) is 3.45. The van der Waals surface area contributed by atoms with Gasteiger partial charge < -0.3 is 9.47 Å². The molecule has 0 saturated carbocycles. The van der Waals surface area contributed by atoms with Crippen LogP contribution < -0.4 is 9.47 Å². The summed E-state index contributed by atoms with van der Waals surface area (Å²) < 4.78 is 12.8. The van der Waals surface area contributed by atoms with Crippen molar-refractivity contribution in [1.29, 1.82) is 0 Å². The van der Waals surface area contributed by atoms with E-state index >= 15 is 0 Å². The Morgan fingerprint density at radius 1 is 1.26 bits per heavy atom. The number of rotatable bonds is 7. The van der Waals surface area contributed by atoms with Crippen molar-refractivity contribution < 1.29 is 9.47 Å². The topological polar surface area (TPSA) is 77.8 Å². The van der Waals surface area contributed by atoms with Crippen molar-refractivity contribution >= 4 is 0 Å². The number of nitrogens with one attached hydrogen (secondary N) is 1.